The van der Waals surface area contributed by atoms with Gasteiger partial charge in [-0.1, -0.05) is 18.2 Å². The Bertz CT molecular complexity index is 255. The van der Waals surface area contributed by atoms with Gasteiger partial charge >= 0.3 is 0 Å². The second-order valence-corrected chi connectivity index (χ2v) is 3.01. The fourth-order valence-corrected chi connectivity index (χ4v) is 1.64. The number of fused-ring (bicyclic) bond motifs is 1. The molecule has 0 aliphatic heterocycles. The molecule has 1 aromatic carbocycles. The van der Waals surface area contributed by atoms with Gasteiger partial charge in [0.15, 0.2) is 0 Å². The molecular formula is C10H11O. The van der Waals surface area contributed by atoms with Crippen LogP contribution in [0.5, 0.6) is 0 Å². The molecule has 1 aliphatic carbocycles. The summed E-state index contributed by atoms with van der Waals surface area (Å²) in [5.74, 6) is 0. The van der Waals surface area contributed by atoms with Crippen LogP contribution in [0.1, 0.15) is 30.1 Å². The highest BCUT2D eigenvalue weighted by molar-refractivity contribution is 5.29. The SMILES string of the molecule is OC1CCCc2[c]cccc21. The topological polar surface area (TPSA) is 20.2 Å². The molecule has 1 N–H and O–H groups in total. The summed E-state index contributed by atoms with van der Waals surface area (Å²) in [7, 11) is 0. The lowest BCUT2D eigenvalue weighted by Gasteiger charge is -2.20. The second kappa shape index (κ2) is 2.67. The molecule has 0 fully saturated rings. The van der Waals surface area contributed by atoms with Gasteiger partial charge in [-0.3, -0.25) is 0 Å². The lowest BCUT2D eigenvalue weighted by atomic mass is 9.90. The van der Waals surface area contributed by atoms with Gasteiger partial charge < -0.3 is 5.11 Å². The van der Waals surface area contributed by atoms with Crippen LogP contribution in [0.3, 0.4) is 0 Å². The summed E-state index contributed by atoms with van der Waals surface area (Å²) in [5.41, 5.74) is 2.28. The van der Waals surface area contributed by atoms with Gasteiger partial charge in [0.25, 0.3) is 0 Å². The highest BCUT2D eigenvalue weighted by Crippen LogP contribution is 2.28. The summed E-state index contributed by atoms with van der Waals surface area (Å²) >= 11 is 0. The summed E-state index contributed by atoms with van der Waals surface area (Å²) in [6.45, 7) is 0. The zero-order valence-corrected chi connectivity index (χ0v) is 6.38. The molecule has 0 bridgehead atoms. The van der Waals surface area contributed by atoms with Crippen LogP contribution in [0.4, 0.5) is 0 Å². The molecule has 2 rings (SSSR count). The molecule has 0 saturated heterocycles. The van der Waals surface area contributed by atoms with Gasteiger partial charge in [0, 0.05) is 0 Å². The summed E-state index contributed by atoms with van der Waals surface area (Å²) in [5, 5.41) is 9.54. The van der Waals surface area contributed by atoms with Gasteiger partial charge in [-0.25, -0.2) is 0 Å². The highest BCUT2D eigenvalue weighted by atomic mass is 16.3. The minimum Gasteiger partial charge on any atom is -0.388 e. The van der Waals surface area contributed by atoms with Crippen molar-refractivity contribution in [2.45, 2.75) is 25.4 Å². The molecule has 0 spiro atoms. The molecule has 1 radical (unpaired) electrons. The van der Waals surface area contributed by atoms with Crippen LogP contribution < -0.4 is 0 Å². The molecule has 0 aromatic heterocycles. The number of benzene rings is 1. The van der Waals surface area contributed by atoms with Crippen molar-refractivity contribution in [3.8, 4) is 0 Å². The van der Waals surface area contributed by atoms with Crippen LogP contribution in [0, 0.1) is 6.07 Å². The Morgan fingerprint density at radius 1 is 1.55 bits per heavy atom. The predicted molar refractivity (Wildman–Crippen MR) is 43.2 cm³/mol. The van der Waals surface area contributed by atoms with E-state index >= 15 is 0 Å². The molecule has 1 aliphatic rings. The van der Waals surface area contributed by atoms with E-state index in [4.69, 9.17) is 0 Å². The Kier molecular flexibility index (Phi) is 1.66. The zero-order valence-electron chi connectivity index (χ0n) is 6.38. The van der Waals surface area contributed by atoms with Crippen molar-refractivity contribution < 1.29 is 5.11 Å². The summed E-state index contributed by atoms with van der Waals surface area (Å²) in [6, 6.07) is 9.01. The number of aryl methyl sites for hydroxylation is 1. The van der Waals surface area contributed by atoms with Crippen molar-refractivity contribution in [1.29, 1.82) is 0 Å². The molecule has 1 unspecified atom stereocenters. The van der Waals surface area contributed by atoms with E-state index in [1.54, 1.807) is 0 Å². The third-order valence-electron chi connectivity index (χ3n) is 2.24. The highest BCUT2D eigenvalue weighted by Gasteiger charge is 2.16. The molecule has 57 valence electrons. The van der Waals surface area contributed by atoms with Crippen molar-refractivity contribution in [3.63, 3.8) is 0 Å². The van der Waals surface area contributed by atoms with Gasteiger partial charge in [-0.05, 0) is 36.5 Å². The first-order valence-electron chi connectivity index (χ1n) is 4.05. The van der Waals surface area contributed by atoms with Gasteiger partial charge in [-0.2, -0.15) is 0 Å². The maximum atomic E-state index is 9.54. The minimum atomic E-state index is -0.240. The molecule has 11 heavy (non-hydrogen) atoms. The Hall–Kier alpha value is -0.820. The maximum Gasteiger partial charge on any atom is 0.0793 e. The first-order valence-corrected chi connectivity index (χ1v) is 4.05. The van der Waals surface area contributed by atoms with E-state index < -0.39 is 0 Å². The van der Waals surface area contributed by atoms with Crippen molar-refractivity contribution in [2.24, 2.45) is 0 Å². The number of rotatable bonds is 0. The van der Waals surface area contributed by atoms with Gasteiger partial charge in [-0.15, -0.1) is 0 Å². The molecule has 0 heterocycles. The summed E-state index contributed by atoms with van der Waals surface area (Å²) in [4.78, 5) is 0. The Labute approximate surface area is 66.7 Å². The van der Waals surface area contributed by atoms with Crippen LogP contribution in [0.25, 0.3) is 0 Å². The standard InChI is InChI=1S/C10H11O/c11-10-7-3-5-8-4-1-2-6-9(8)10/h1-2,6,10-11H,3,5,7H2. The van der Waals surface area contributed by atoms with Crippen LogP contribution in [0.2, 0.25) is 0 Å². The number of aliphatic hydroxyl groups is 1. The monoisotopic (exact) mass is 147 g/mol. The Morgan fingerprint density at radius 2 is 2.45 bits per heavy atom. The average Bonchev–Trinajstić information content (AvgIpc) is 2.06. The van der Waals surface area contributed by atoms with Crippen LogP contribution in [-0.4, -0.2) is 5.11 Å². The summed E-state index contributed by atoms with van der Waals surface area (Å²) in [6.07, 6.45) is 2.84. The minimum absolute atomic E-state index is 0.240. The second-order valence-electron chi connectivity index (χ2n) is 3.01. The van der Waals surface area contributed by atoms with Crippen molar-refractivity contribution in [1.82, 2.24) is 0 Å². The molecule has 1 aromatic rings. The third-order valence-corrected chi connectivity index (χ3v) is 2.24. The van der Waals surface area contributed by atoms with Crippen LogP contribution in [-0.2, 0) is 6.42 Å². The van der Waals surface area contributed by atoms with E-state index in [1.807, 2.05) is 18.2 Å². The van der Waals surface area contributed by atoms with Crippen LogP contribution >= 0.6 is 0 Å². The normalized spacial score (nSPS) is 22.8. The smallest absolute Gasteiger partial charge is 0.0793 e. The van der Waals surface area contributed by atoms with E-state index in [1.165, 1.54) is 5.56 Å². The predicted octanol–water partition coefficient (Wildman–Crippen LogP) is 1.86. The quantitative estimate of drug-likeness (QED) is 0.593. The van der Waals surface area contributed by atoms with Crippen molar-refractivity contribution >= 4 is 0 Å². The largest absolute Gasteiger partial charge is 0.388 e. The van der Waals surface area contributed by atoms with E-state index in [2.05, 4.69) is 6.07 Å². The average molecular weight is 147 g/mol. The molecule has 1 nitrogen and oxygen atoms in total. The van der Waals surface area contributed by atoms with E-state index in [0.717, 1.165) is 24.8 Å². The Morgan fingerprint density at radius 3 is 3.27 bits per heavy atom. The van der Waals surface area contributed by atoms with E-state index in [0.29, 0.717) is 0 Å². The van der Waals surface area contributed by atoms with Crippen LogP contribution in [0.15, 0.2) is 18.2 Å². The molecule has 1 atom stereocenters. The molecule has 0 amide bonds. The van der Waals surface area contributed by atoms with Gasteiger partial charge in [0.05, 0.1) is 6.10 Å². The number of aliphatic hydroxyl groups excluding tert-OH is 1. The maximum absolute atomic E-state index is 9.54. The van der Waals surface area contributed by atoms with E-state index in [9.17, 15) is 5.11 Å². The fourth-order valence-electron chi connectivity index (χ4n) is 1.64. The lowest BCUT2D eigenvalue weighted by Crippen LogP contribution is -2.08. The first-order chi connectivity index (χ1) is 5.38. The lowest BCUT2D eigenvalue weighted by molar-refractivity contribution is 0.156. The fraction of sp³-hybridized carbons (Fsp3) is 0.400. The molecule has 0 saturated carbocycles. The molecular weight excluding hydrogens is 136 g/mol. The number of hydrogen-bond acceptors (Lipinski definition) is 1. The number of hydrogen-bond donors (Lipinski definition) is 1. The van der Waals surface area contributed by atoms with Gasteiger partial charge in [0.2, 0.25) is 0 Å². The molecule has 1 heteroatoms. The Balaban J connectivity index is 2.44. The van der Waals surface area contributed by atoms with E-state index in [-0.39, 0.29) is 6.10 Å². The third kappa shape index (κ3) is 1.16. The first kappa shape index (κ1) is 6.86. The van der Waals surface area contributed by atoms with Gasteiger partial charge in [0.1, 0.15) is 0 Å². The van der Waals surface area contributed by atoms with Crippen molar-refractivity contribution in [3.05, 3.63) is 35.4 Å². The summed E-state index contributed by atoms with van der Waals surface area (Å²) < 4.78 is 0. The van der Waals surface area contributed by atoms with Crippen molar-refractivity contribution in [2.75, 3.05) is 0 Å². The zero-order chi connectivity index (χ0) is 7.68.